The molecule has 2 aliphatic heterocycles. The maximum Gasteiger partial charge on any atom is 0.359 e. The second-order valence-electron chi connectivity index (χ2n) is 5.76. The summed E-state index contributed by atoms with van der Waals surface area (Å²) >= 11 is 4.18. The molecule has 0 aliphatic carbocycles. The van der Waals surface area contributed by atoms with Crippen molar-refractivity contribution in [2.75, 3.05) is 31.1 Å². The molecule has 9 heteroatoms. The second kappa shape index (κ2) is 5.69. The van der Waals surface area contributed by atoms with Crippen molar-refractivity contribution in [2.45, 2.75) is 13.0 Å². The lowest BCUT2D eigenvalue weighted by molar-refractivity contribution is 0.245. The molecule has 1 atom stereocenters. The molecular weight excluding hydrogens is 529 g/mol. The molecule has 1 fully saturated rings. The molecule has 0 saturated carbocycles. The summed E-state index contributed by atoms with van der Waals surface area (Å²) in [7, 11) is 0. The number of ether oxygens (including phenoxy) is 1. The molecule has 122 valence electrons. The molecule has 1 saturated heterocycles. The van der Waals surface area contributed by atoms with Gasteiger partial charge in [0.2, 0.25) is 0 Å². The molecule has 23 heavy (non-hydrogen) atoms. The molecular formula is C14H13FI2N4O2. The molecule has 3 heterocycles. The third kappa shape index (κ3) is 2.42. The van der Waals surface area contributed by atoms with Gasteiger partial charge in [-0.25, -0.2) is 15.1 Å². The Morgan fingerprint density at radius 3 is 2.96 bits per heavy atom. The van der Waals surface area contributed by atoms with E-state index in [9.17, 15) is 9.18 Å². The minimum absolute atomic E-state index is 0.0490. The fourth-order valence-corrected chi connectivity index (χ4v) is 4.33. The van der Waals surface area contributed by atoms with Gasteiger partial charge in [-0.15, -0.1) is 0 Å². The summed E-state index contributed by atoms with van der Waals surface area (Å²) < 4.78 is 24.1. The van der Waals surface area contributed by atoms with Crippen LogP contribution < -0.4 is 15.3 Å². The molecule has 1 aromatic heterocycles. The van der Waals surface area contributed by atoms with Crippen molar-refractivity contribution < 1.29 is 9.13 Å². The van der Waals surface area contributed by atoms with E-state index in [1.165, 1.54) is 2.78 Å². The first-order valence-electron chi connectivity index (χ1n) is 7.19. The Hall–Kier alpha value is -0.690. The Kier molecular flexibility index (Phi) is 3.91. The number of nitrogens with zero attached hydrogens (tertiary/aromatic N) is 4. The number of aromatic nitrogens is 2. The van der Waals surface area contributed by atoms with Crippen molar-refractivity contribution in [3.8, 4) is 5.75 Å². The van der Waals surface area contributed by atoms with Gasteiger partial charge in [0.1, 0.15) is 12.4 Å². The van der Waals surface area contributed by atoms with Crippen LogP contribution in [0.25, 0.3) is 10.9 Å². The molecule has 0 N–H and O–H groups in total. The van der Waals surface area contributed by atoms with Crippen molar-refractivity contribution in [2.24, 2.45) is 0 Å². The molecule has 6 nitrogen and oxygen atoms in total. The first kappa shape index (κ1) is 15.8. The van der Waals surface area contributed by atoms with E-state index < -0.39 is 0 Å². The standard InChI is InChI=1S/C14H13FI2N4O2/c1-7-4-9-10-12(11(7)15)23-6-8-5-19(16)2-3-20(8)13(10)18-14(22)21(9)17/h4,8H,2-3,5-6H2,1H3. The number of anilines is 1. The average Bonchev–Trinajstić information content (AvgIpc) is 2.67. The largest absolute Gasteiger partial charge is 0.487 e. The summed E-state index contributed by atoms with van der Waals surface area (Å²) in [6.07, 6.45) is 0. The molecule has 2 aliphatic rings. The number of benzene rings is 1. The van der Waals surface area contributed by atoms with Gasteiger partial charge in [0.15, 0.2) is 11.6 Å². The quantitative estimate of drug-likeness (QED) is 0.378. The number of fused-ring (bicyclic) bond motifs is 2. The van der Waals surface area contributed by atoms with Crippen molar-refractivity contribution in [1.82, 2.24) is 10.9 Å². The third-order valence-electron chi connectivity index (χ3n) is 4.31. The molecule has 2 aromatic rings. The number of hydrogen-bond acceptors (Lipinski definition) is 5. The van der Waals surface area contributed by atoms with Crippen molar-refractivity contribution in [1.29, 1.82) is 0 Å². The van der Waals surface area contributed by atoms with Gasteiger partial charge in [-0.2, -0.15) is 4.98 Å². The van der Waals surface area contributed by atoms with Crippen LogP contribution in [0.2, 0.25) is 0 Å². The van der Waals surface area contributed by atoms with E-state index in [1.54, 1.807) is 13.0 Å². The van der Waals surface area contributed by atoms with E-state index in [1.807, 2.05) is 22.9 Å². The number of aryl methyl sites for hydroxylation is 1. The summed E-state index contributed by atoms with van der Waals surface area (Å²) in [5.74, 6) is 0.378. The zero-order valence-electron chi connectivity index (χ0n) is 12.2. The van der Waals surface area contributed by atoms with Crippen LogP contribution in [0.4, 0.5) is 10.2 Å². The summed E-state index contributed by atoms with van der Waals surface area (Å²) in [5, 5.41) is 0.589. The predicted molar refractivity (Wildman–Crippen MR) is 102 cm³/mol. The average molecular weight is 542 g/mol. The Morgan fingerprint density at radius 1 is 1.39 bits per heavy atom. The van der Waals surface area contributed by atoms with Gasteiger partial charge in [-0.1, -0.05) is 0 Å². The van der Waals surface area contributed by atoms with E-state index in [-0.39, 0.29) is 23.3 Å². The van der Waals surface area contributed by atoms with E-state index in [2.05, 4.69) is 35.9 Å². The number of piperazine rings is 1. The molecule has 1 aromatic carbocycles. The van der Waals surface area contributed by atoms with Crippen LogP contribution >= 0.6 is 45.7 Å². The molecule has 0 spiro atoms. The van der Waals surface area contributed by atoms with E-state index >= 15 is 0 Å². The lowest BCUT2D eigenvalue weighted by Crippen LogP contribution is -2.53. The number of halogens is 3. The van der Waals surface area contributed by atoms with Gasteiger partial charge < -0.3 is 9.64 Å². The zero-order valence-corrected chi connectivity index (χ0v) is 16.5. The second-order valence-corrected chi connectivity index (χ2v) is 8.09. The minimum Gasteiger partial charge on any atom is -0.487 e. The molecule has 0 radical (unpaired) electrons. The van der Waals surface area contributed by atoms with Crippen LogP contribution in [0.3, 0.4) is 0 Å². The van der Waals surface area contributed by atoms with Crippen LogP contribution in [-0.2, 0) is 0 Å². The van der Waals surface area contributed by atoms with Crippen molar-refractivity contribution in [3.05, 3.63) is 27.9 Å². The summed E-state index contributed by atoms with van der Waals surface area (Å²) in [6, 6.07) is 1.73. The van der Waals surface area contributed by atoms with Crippen LogP contribution in [0.1, 0.15) is 5.56 Å². The van der Waals surface area contributed by atoms with Gasteiger partial charge in [-0.05, 0) is 18.6 Å². The Labute approximate surface area is 159 Å². The van der Waals surface area contributed by atoms with E-state index in [0.29, 0.717) is 28.9 Å². The molecule has 4 rings (SSSR count). The first-order valence-corrected chi connectivity index (χ1v) is 9.12. The lowest BCUT2D eigenvalue weighted by atomic mass is 10.1. The Bertz CT molecular complexity index is 872. The zero-order chi connectivity index (χ0) is 16.3. The highest BCUT2D eigenvalue weighted by Crippen LogP contribution is 2.40. The maximum absolute atomic E-state index is 14.6. The highest BCUT2D eigenvalue weighted by Gasteiger charge is 2.34. The van der Waals surface area contributed by atoms with Crippen LogP contribution in [0.15, 0.2) is 10.9 Å². The molecule has 0 bridgehead atoms. The molecule has 1 unspecified atom stereocenters. The van der Waals surface area contributed by atoms with Crippen LogP contribution in [-0.4, -0.2) is 43.2 Å². The van der Waals surface area contributed by atoms with Crippen LogP contribution in [0, 0.1) is 12.7 Å². The SMILES string of the molecule is Cc1cc2c3c(nc(=O)n2I)N2CCN(I)CC2COc3c1F. The topological polar surface area (TPSA) is 50.6 Å². The first-order chi connectivity index (χ1) is 11.0. The van der Waals surface area contributed by atoms with Crippen molar-refractivity contribution in [3.63, 3.8) is 0 Å². The monoisotopic (exact) mass is 542 g/mol. The van der Waals surface area contributed by atoms with Gasteiger partial charge in [-0.3, -0.25) is 0 Å². The summed E-state index contributed by atoms with van der Waals surface area (Å²) in [5.41, 5.74) is 0.763. The smallest absolute Gasteiger partial charge is 0.359 e. The maximum atomic E-state index is 14.6. The van der Waals surface area contributed by atoms with Crippen LogP contribution in [0.5, 0.6) is 5.75 Å². The van der Waals surface area contributed by atoms with Gasteiger partial charge in [0.05, 0.1) is 39.8 Å². The summed E-state index contributed by atoms with van der Waals surface area (Å²) in [6.45, 7) is 4.43. The Balaban J connectivity index is 2.06. The van der Waals surface area contributed by atoms with Gasteiger partial charge in [0, 0.05) is 42.5 Å². The fourth-order valence-electron chi connectivity index (χ4n) is 3.17. The third-order valence-corrected chi connectivity index (χ3v) is 6.12. The fraction of sp³-hybridized carbons (Fsp3) is 0.429. The normalized spacial score (nSPS) is 21.0. The van der Waals surface area contributed by atoms with E-state index in [4.69, 9.17) is 4.74 Å². The lowest BCUT2D eigenvalue weighted by Gasteiger charge is -2.38. The highest BCUT2D eigenvalue weighted by atomic mass is 127. The predicted octanol–water partition coefficient (Wildman–Crippen LogP) is 2.28. The number of rotatable bonds is 0. The van der Waals surface area contributed by atoms with E-state index in [0.717, 1.165) is 19.6 Å². The van der Waals surface area contributed by atoms with Gasteiger partial charge in [0.25, 0.3) is 0 Å². The minimum atomic E-state index is -0.373. The number of hydrogen-bond donors (Lipinski definition) is 0. The summed E-state index contributed by atoms with van der Waals surface area (Å²) in [4.78, 5) is 18.6. The van der Waals surface area contributed by atoms with Gasteiger partial charge >= 0.3 is 5.69 Å². The van der Waals surface area contributed by atoms with Crippen molar-refractivity contribution >= 4 is 62.4 Å². The Morgan fingerprint density at radius 2 is 2.17 bits per heavy atom. The highest BCUT2D eigenvalue weighted by molar-refractivity contribution is 14.1. The molecule has 0 amide bonds.